The summed E-state index contributed by atoms with van der Waals surface area (Å²) >= 11 is 5.79. The Bertz CT molecular complexity index is 551. The molecule has 0 spiro atoms. The van der Waals surface area contributed by atoms with Crippen molar-refractivity contribution < 1.29 is 4.79 Å². The minimum atomic E-state index is -0.494. The van der Waals surface area contributed by atoms with E-state index in [0.717, 1.165) is 11.1 Å². The number of halogens is 1. The zero-order valence-electron chi connectivity index (χ0n) is 11.5. The molecular formula is C14H17ClN4O. The molecule has 20 heavy (non-hydrogen) atoms. The van der Waals surface area contributed by atoms with E-state index in [1.165, 1.54) is 6.33 Å². The van der Waals surface area contributed by atoms with Gasteiger partial charge in [0, 0.05) is 13.6 Å². The van der Waals surface area contributed by atoms with Gasteiger partial charge in [-0.2, -0.15) is 5.10 Å². The van der Waals surface area contributed by atoms with Crippen LogP contribution in [-0.2, 0) is 17.9 Å². The van der Waals surface area contributed by atoms with Crippen molar-refractivity contribution >= 4 is 17.5 Å². The fourth-order valence-corrected chi connectivity index (χ4v) is 2.07. The van der Waals surface area contributed by atoms with Crippen LogP contribution in [0.25, 0.3) is 0 Å². The molecule has 0 saturated carbocycles. The number of hydrogen-bond acceptors (Lipinski definition) is 3. The predicted octanol–water partition coefficient (Wildman–Crippen LogP) is 1.91. The Hall–Kier alpha value is -1.88. The molecule has 2 rings (SSSR count). The normalized spacial score (nSPS) is 12.2. The first kappa shape index (κ1) is 14.5. The summed E-state index contributed by atoms with van der Waals surface area (Å²) in [5.74, 6) is -0.0710. The van der Waals surface area contributed by atoms with Crippen molar-refractivity contribution in [2.24, 2.45) is 0 Å². The molecule has 6 heteroatoms. The summed E-state index contributed by atoms with van der Waals surface area (Å²) in [6, 6.07) is 8.07. The lowest BCUT2D eigenvalue weighted by atomic mass is 10.1. The van der Waals surface area contributed by atoms with Gasteiger partial charge in [-0.1, -0.05) is 24.3 Å². The summed E-state index contributed by atoms with van der Waals surface area (Å²) in [6.07, 6.45) is 3.20. The van der Waals surface area contributed by atoms with Gasteiger partial charge in [0.2, 0.25) is 5.91 Å². The first-order chi connectivity index (χ1) is 9.56. The quantitative estimate of drug-likeness (QED) is 0.791. The van der Waals surface area contributed by atoms with Crippen LogP contribution in [0.3, 0.4) is 0 Å². The molecule has 0 radical (unpaired) electrons. The fraction of sp³-hybridized carbons (Fsp3) is 0.357. The van der Waals surface area contributed by atoms with Crippen molar-refractivity contribution in [3.8, 4) is 0 Å². The highest BCUT2D eigenvalue weighted by atomic mass is 35.5. The zero-order valence-corrected chi connectivity index (χ0v) is 12.3. The topological polar surface area (TPSA) is 51.0 Å². The highest BCUT2D eigenvalue weighted by Gasteiger charge is 2.14. The summed E-state index contributed by atoms with van der Waals surface area (Å²) in [4.78, 5) is 17.2. The van der Waals surface area contributed by atoms with E-state index in [2.05, 4.69) is 10.1 Å². The molecule has 1 aromatic carbocycles. The van der Waals surface area contributed by atoms with Gasteiger partial charge in [-0.25, -0.2) is 9.67 Å². The monoisotopic (exact) mass is 292 g/mol. The number of carbonyl (C=O) groups excluding carboxylic acids is 1. The zero-order chi connectivity index (χ0) is 14.5. The van der Waals surface area contributed by atoms with Crippen LogP contribution in [0.2, 0.25) is 0 Å². The van der Waals surface area contributed by atoms with Gasteiger partial charge in [-0.3, -0.25) is 4.79 Å². The largest absolute Gasteiger partial charge is 0.340 e. The van der Waals surface area contributed by atoms with Gasteiger partial charge in [-0.15, -0.1) is 11.6 Å². The lowest BCUT2D eigenvalue weighted by Gasteiger charge is -2.18. The molecule has 1 heterocycles. The van der Waals surface area contributed by atoms with Gasteiger partial charge < -0.3 is 4.90 Å². The fourth-order valence-electron chi connectivity index (χ4n) is 1.91. The van der Waals surface area contributed by atoms with Crippen LogP contribution in [0.1, 0.15) is 18.1 Å². The summed E-state index contributed by atoms with van der Waals surface area (Å²) in [5.41, 5.74) is 2.21. The molecule has 0 bridgehead atoms. The van der Waals surface area contributed by atoms with Gasteiger partial charge in [0.25, 0.3) is 0 Å². The van der Waals surface area contributed by atoms with E-state index >= 15 is 0 Å². The minimum Gasteiger partial charge on any atom is -0.340 e. The minimum absolute atomic E-state index is 0.0710. The Morgan fingerprint density at radius 2 is 2.00 bits per heavy atom. The van der Waals surface area contributed by atoms with Crippen LogP contribution in [0.5, 0.6) is 0 Å². The second-order valence-corrected chi connectivity index (χ2v) is 5.37. The molecule has 0 aliphatic heterocycles. The maximum absolute atomic E-state index is 11.7. The molecule has 1 amide bonds. The van der Waals surface area contributed by atoms with Crippen LogP contribution in [0.15, 0.2) is 36.9 Å². The van der Waals surface area contributed by atoms with Crippen molar-refractivity contribution in [1.29, 1.82) is 0 Å². The van der Waals surface area contributed by atoms with E-state index in [9.17, 15) is 4.79 Å². The molecule has 0 aliphatic rings. The van der Waals surface area contributed by atoms with E-state index in [0.29, 0.717) is 13.1 Å². The molecule has 1 atom stereocenters. The van der Waals surface area contributed by atoms with Gasteiger partial charge in [0.15, 0.2) is 0 Å². The van der Waals surface area contributed by atoms with Crippen LogP contribution in [-0.4, -0.2) is 38.0 Å². The number of carbonyl (C=O) groups is 1. The molecule has 5 nitrogen and oxygen atoms in total. The molecular weight excluding hydrogens is 276 g/mol. The number of hydrogen-bond donors (Lipinski definition) is 0. The number of nitrogens with zero attached hydrogens (tertiary/aromatic N) is 4. The number of rotatable bonds is 5. The van der Waals surface area contributed by atoms with Crippen molar-refractivity contribution in [3.05, 3.63) is 48.0 Å². The second kappa shape index (κ2) is 6.52. The molecule has 0 saturated heterocycles. The second-order valence-electron chi connectivity index (χ2n) is 4.72. The first-order valence-electron chi connectivity index (χ1n) is 6.35. The van der Waals surface area contributed by atoms with Crippen molar-refractivity contribution in [2.45, 2.75) is 25.4 Å². The molecule has 1 unspecified atom stereocenters. The summed E-state index contributed by atoms with van der Waals surface area (Å²) in [6.45, 7) is 2.93. The summed E-state index contributed by atoms with van der Waals surface area (Å²) in [5, 5.41) is 3.57. The van der Waals surface area contributed by atoms with E-state index in [1.54, 1.807) is 29.9 Å². The average molecular weight is 293 g/mol. The maximum atomic E-state index is 11.7. The maximum Gasteiger partial charge on any atom is 0.240 e. The molecule has 106 valence electrons. The standard InChI is InChI=1S/C14H17ClN4O/c1-11(15)14(20)18(2)7-12-3-5-13(6-4-12)8-19-10-16-9-17-19/h3-6,9-11H,7-8H2,1-2H3. The van der Waals surface area contributed by atoms with Crippen molar-refractivity contribution in [1.82, 2.24) is 19.7 Å². The molecule has 0 fully saturated rings. The number of alkyl halides is 1. The molecule has 0 aliphatic carbocycles. The van der Waals surface area contributed by atoms with Crippen molar-refractivity contribution in [3.63, 3.8) is 0 Å². The summed E-state index contributed by atoms with van der Waals surface area (Å²) in [7, 11) is 1.75. The smallest absolute Gasteiger partial charge is 0.240 e. The number of amides is 1. The van der Waals surface area contributed by atoms with E-state index in [4.69, 9.17) is 11.6 Å². The third-order valence-corrected chi connectivity index (χ3v) is 3.16. The van der Waals surface area contributed by atoms with Crippen LogP contribution in [0.4, 0.5) is 0 Å². The lowest BCUT2D eigenvalue weighted by Crippen LogP contribution is -2.31. The van der Waals surface area contributed by atoms with Crippen LogP contribution >= 0.6 is 11.6 Å². The Kier molecular flexibility index (Phi) is 4.74. The van der Waals surface area contributed by atoms with Crippen LogP contribution in [0, 0.1) is 0 Å². The Morgan fingerprint density at radius 1 is 1.35 bits per heavy atom. The van der Waals surface area contributed by atoms with E-state index in [1.807, 2.05) is 24.3 Å². The molecule has 2 aromatic rings. The third-order valence-electron chi connectivity index (χ3n) is 2.97. The Morgan fingerprint density at radius 3 is 2.55 bits per heavy atom. The molecule has 0 N–H and O–H groups in total. The average Bonchev–Trinajstić information content (AvgIpc) is 2.92. The van der Waals surface area contributed by atoms with Gasteiger partial charge in [-0.05, 0) is 18.1 Å². The third kappa shape index (κ3) is 3.81. The highest BCUT2D eigenvalue weighted by Crippen LogP contribution is 2.09. The van der Waals surface area contributed by atoms with Gasteiger partial charge in [0.1, 0.15) is 18.0 Å². The van der Waals surface area contributed by atoms with Gasteiger partial charge >= 0.3 is 0 Å². The van der Waals surface area contributed by atoms with Crippen molar-refractivity contribution in [2.75, 3.05) is 7.05 Å². The SMILES string of the molecule is CC(Cl)C(=O)N(C)Cc1ccc(Cn2cncn2)cc1. The summed E-state index contributed by atoms with van der Waals surface area (Å²) < 4.78 is 1.76. The Balaban J connectivity index is 1.96. The lowest BCUT2D eigenvalue weighted by molar-refractivity contribution is -0.129. The van der Waals surface area contributed by atoms with Gasteiger partial charge in [0.05, 0.1) is 6.54 Å². The number of benzene rings is 1. The van der Waals surface area contributed by atoms with E-state index in [-0.39, 0.29) is 5.91 Å². The highest BCUT2D eigenvalue weighted by molar-refractivity contribution is 6.30. The first-order valence-corrected chi connectivity index (χ1v) is 6.79. The molecule has 1 aromatic heterocycles. The number of aromatic nitrogens is 3. The Labute approximate surface area is 123 Å². The van der Waals surface area contributed by atoms with Crippen LogP contribution < -0.4 is 0 Å². The van der Waals surface area contributed by atoms with E-state index < -0.39 is 5.38 Å². The predicted molar refractivity (Wildman–Crippen MR) is 77.4 cm³/mol.